The first-order chi connectivity index (χ1) is 11.1. The molecule has 0 unspecified atom stereocenters. The van der Waals surface area contributed by atoms with E-state index in [-0.39, 0.29) is 29.4 Å². The van der Waals surface area contributed by atoms with E-state index in [1.54, 1.807) is 17.5 Å². The number of methoxy groups -OCH3 is 1. The molecule has 23 heavy (non-hydrogen) atoms. The van der Waals surface area contributed by atoms with Crippen LogP contribution in [0.4, 0.5) is 4.79 Å². The summed E-state index contributed by atoms with van der Waals surface area (Å²) in [6.07, 6.45) is 5.26. The number of urea groups is 1. The fourth-order valence-electron chi connectivity index (χ4n) is 3.52. The Hall–Kier alpha value is -1.63. The van der Waals surface area contributed by atoms with Gasteiger partial charge in [-0.25, -0.2) is 9.78 Å². The lowest BCUT2D eigenvalue weighted by atomic mass is 9.91. The summed E-state index contributed by atoms with van der Waals surface area (Å²) in [6.45, 7) is 3.45. The van der Waals surface area contributed by atoms with Gasteiger partial charge in [0.25, 0.3) is 0 Å². The fraction of sp³-hybridized carbons (Fsp3) is 0.688. The number of aromatic nitrogens is 1. The molecule has 2 atom stereocenters. The zero-order chi connectivity index (χ0) is 16.4. The minimum absolute atomic E-state index is 0.0258. The molecular formula is C16H23N3O3S. The van der Waals surface area contributed by atoms with Crippen molar-refractivity contribution < 1.29 is 14.3 Å². The van der Waals surface area contributed by atoms with Gasteiger partial charge < -0.3 is 15.0 Å². The number of ether oxygens (including phenoxy) is 1. The Labute approximate surface area is 140 Å². The van der Waals surface area contributed by atoms with Crippen LogP contribution in [0.5, 0.6) is 0 Å². The van der Waals surface area contributed by atoms with Crippen molar-refractivity contribution in [2.75, 3.05) is 20.2 Å². The van der Waals surface area contributed by atoms with Gasteiger partial charge in [-0.05, 0) is 31.1 Å². The molecule has 1 saturated carbocycles. The molecule has 1 N–H and O–H groups in total. The molecule has 2 amide bonds. The number of likely N-dealkylation sites (tertiary alicyclic amines) is 1. The van der Waals surface area contributed by atoms with Gasteiger partial charge in [0.05, 0.1) is 19.1 Å². The molecule has 3 rings (SSSR count). The average Bonchev–Trinajstić information content (AvgIpc) is 3.00. The van der Waals surface area contributed by atoms with Crippen LogP contribution < -0.4 is 5.32 Å². The molecule has 1 spiro atoms. The monoisotopic (exact) mass is 337 g/mol. The first-order valence-electron chi connectivity index (χ1n) is 8.12. The predicted octanol–water partition coefficient (Wildman–Crippen LogP) is 2.58. The summed E-state index contributed by atoms with van der Waals surface area (Å²) in [6, 6.07) is -0.0562. The van der Waals surface area contributed by atoms with Crippen LogP contribution in [-0.2, 0) is 9.53 Å². The molecule has 1 saturated heterocycles. The number of hydrogen-bond acceptors (Lipinski definition) is 5. The Bertz CT molecular complexity index is 567. The number of amides is 2. The Kier molecular flexibility index (Phi) is 4.57. The highest BCUT2D eigenvalue weighted by atomic mass is 32.1. The number of nitrogens with zero attached hydrogens (tertiary/aromatic N) is 2. The number of rotatable bonds is 4. The second kappa shape index (κ2) is 6.47. The van der Waals surface area contributed by atoms with E-state index in [1.807, 2.05) is 17.2 Å². The summed E-state index contributed by atoms with van der Waals surface area (Å²) in [4.78, 5) is 30.3. The van der Waals surface area contributed by atoms with Crippen molar-refractivity contribution in [3.8, 4) is 0 Å². The Morgan fingerprint density at radius 3 is 2.83 bits per heavy atom. The molecular weight excluding hydrogens is 314 g/mol. The smallest absolute Gasteiger partial charge is 0.317 e. The predicted molar refractivity (Wildman–Crippen MR) is 87.0 cm³/mol. The zero-order valence-electron chi connectivity index (χ0n) is 13.6. The third-order valence-electron chi connectivity index (χ3n) is 5.18. The average molecular weight is 337 g/mol. The number of nitrogens with one attached hydrogen (secondary N) is 1. The molecule has 7 heteroatoms. The van der Waals surface area contributed by atoms with E-state index >= 15 is 0 Å². The van der Waals surface area contributed by atoms with Gasteiger partial charge in [-0.15, -0.1) is 11.3 Å². The summed E-state index contributed by atoms with van der Waals surface area (Å²) in [7, 11) is 1.44. The molecule has 1 aromatic rings. The molecule has 1 aromatic heterocycles. The van der Waals surface area contributed by atoms with E-state index in [2.05, 4.69) is 10.3 Å². The van der Waals surface area contributed by atoms with Crippen molar-refractivity contribution in [3.05, 3.63) is 16.6 Å². The van der Waals surface area contributed by atoms with Crippen LogP contribution in [0.25, 0.3) is 0 Å². The molecule has 0 bridgehead atoms. The number of esters is 1. The van der Waals surface area contributed by atoms with Gasteiger partial charge in [0.2, 0.25) is 0 Å². The Morgan fingerprint density at radius 1 is 1.52 bits per heavy atom. The SMILES string of the molecule is CC[C@H](NC(=O)N1CCC2(CC1)C[C@H]2C(=O)OC)c1nccs1. The number of hydrogen-bond donors (Lipinski definition) is 1. The zero-order valence-corrected chi connectivity index (χ0v) is 14.4. The van der Waals surface area contributed by atoms with E-state index in [4.69, 9.17) is 4.74 Å². The van der Waals surface area contributed by atoms with Gasteiger partial charge in [0.1, 0.15) is 5.01 Å². The van der Waals surface area contributed by atoms with Crippen molar-refractivity contribution >= 4 is 23.3 Å². The summed E-state index contributed by atoms with van der Waals surface area (Å²) >= 11 is 1.56. The Balaban J connectivity index is 1.52. The summed E-state index contributed by atoms with van der Waals surface area (Å²) in [5.74, 6) is -0.0610. The minimum atomic E-state index is -0.0993. The molecule has 0 aromatic carbocycles. The van der Waals surface area contributed by atoms with E-state index < -0.39 is 0 Å². The number of piperidine rings is 1. The van der Waals surface area contributed by atoms with Crippen molar-refractivity contribution in [1.29, 1.82) is 0 Å². The summed E-state index contributed by atoms with van der Waals surface area (Å²) in [5.41, 5.74) is 0.0866. The highest BCUT2D eigenvalue weighted by Gasteiger charge is 2.59. The first kappa shape index (κ1) is 16.2. The van der Waals surface area contributed by atoms with Gasteiger partial charge in [-0.2, -0.15) is 0 Å². The highest BCUT2D eigenvalue weighted by molar-refractivity contribution is 7.09. The second-order valence-corrected chi connectivity index (χ2v) is 7.34. The maximum Gasteiger partial charge on any atom is 0.317 e. The van der Waals surface area contributed by atoms with Crippen LogP contribution in [0, 0.1) is 11.3 Å². The van der Waals surface area contributed by atoms with Gasteiger partial charge >= 0.3 is 12.0 Å². The molecule has 1 aliphatic heterocycles. The maximum absolute atomic E-state index is 12.5. The number of carbonyl (C=O) groups excluding carboxylic acids is 2. The molecule has 1 aliphatic carbocycles. The first-order valence-corrected chi connectivity index (χ1v) is 9.00. The molecule has 6 nitrogen and oxygen atoms in total. The van der Waals surface area contributed by atoms with Crippen LogP contribution in [0.15, 0.2) is 11.6 Å². The third-order valence-corrected chi connectivity index (χ3v) is 6.07. The third kappa shape index (κ3) is 3.20. The van der Waals surface area contributed by atoms with Crippen LogP contribution in [-0.4, -0.2) is 42.1 Å². The molecule has 2 heterocycles. The minimum Gasteiger partial charge on any atom is -0.469 e. The van der Waals surface area contributed by atoms with Crippen LogP contribution in [0.1, 0.15) is 43.7 Å². The number of carbonyl (C=O) groups is 2. The molecule has 126 valence electrons. The summed E-state index contributed by atoms with van der Waals surface area (Å²) in [5, 5.41) is 5.95. The van der Waals surface area contributed by atoms with Crippen molar-refractivity contribution in [3.63, 3.8) is 0 Å². The maximum atomic E-state index is 12.5. The van der Waals surface area contributed by atoms with Gasteiger partial charge in [-0.1, -0.05) is 6.92 Å². The van der Waals surface area contributed by atoms with Gasteiger partial charge in [-0.3, -0.25) is 4.79 Å². The number of thiazole rings is 1. The molecule has 2 fully saturated rings. The topological polar surface area (TPSA) is 71.5 Å². The van der Waals surface area contributed by atoms with Crippen molar-refractivity contribution in [2.45, 2.75) is 38.6 Å². The quantitative estimate of drug-likeness (QED) is 0.857. The van der Waals surface area contributed by atoms with E-state index in [9.17, 15) is 9.59 Å². The normalized spacial score (nSPS) is 23.4. The lowest BCUT2D eigenvalue weighted by molar-refractivity contribution is -0.143. The van der Waals surface area contributed by atoms with Crippen LogP contribution in [0.2, 0.25) is 0 Å². The van der Waals surface area contributed by atoms with Crippen molar-refractivity contribution in [2.24, 2.45) is 11.3 Å². The van der Waals surface area contributed by atoms with Crippen molar-refractivity contribution in [1.82, 2.24) is 15.2 Å². The van der Waals surface area contributed by atoms with Crippen LogP contribution >= 0.6 is 11.3 Å². The van der Waals surface area contributed by atoms with Crippen LogP contribution in [0.3, 0.4) is 0 Å². The molecule has 0 radical (unpaired) electrons. The van der Waals surface area contributed by atoms with E-state index in [1.165, 1.54) is 7.11 Å². The lowest BCUT2D eigenvalue weighted by Crippen LogP contribution is -2.46. The van der Waals surface area contributed by atoms with Gasteiger partial charge in [0.15, 0.2) is 0 Å². The van der Waals surface area contributed by atoms with E-state index in [0.717, 1.165) is 30.7 Å². The lowest BCUT2D eigenvalue weighted by Gasteiger charge is -2.33. The molecule has 2 aliphatic rings. The van der Waals surface area contributed by atoms with E-state index in [0.29, 0.717) is 13.1 Å². The fourth-order valence-corrected chi connectivity index (χ4v) is 4.29. The van der Waals surface area contributed by atoms with Gasteiger partial charge in [0, 0.05) is 24.7 Å². The second-order valence-electron chi connectivity index (χ2n) is 6.41. The highest BCUT2D eigenvalue weighted by Crippen LogP contribution is 2.59. The Morgan fingerprint density at radius 2 is 2.26 bits per heavy atom. The summed E-state index contributed by atoms with van der Waals surface area (Å²) < 4.78 is 4.85. The standard InChI is InChI=1S/C16H23N3O3S/c1-3-12(13-17-6-9-23-13)18-15(21)19-7-4-16(5-8-19)10-11(16)14(20)22-2/h6,9,11-12H,3-5,7-8,10H2,1-2H3,(H,18,21)/t11-,12-/m0/s1. The largest absolute Gasteiger partial charge is 0.469 e.